The van der Waals surface area contributed by atoms with Crippen LogP contribution in [0.1, 0.15) is 37.1 Å². The third-order valence-electron chi connectivity index (χ3n) is 3.56. The third-order valence-corrected chi connectivity index (χ3v) is 3.56. The first-order valence-corrected chi connectivity index (χ1v) is 7.49. The highest BCUT2D eigenvalue weighted by Gasteiger charge is 2.05. The monoisotopic (exact) mass is 284 g/mol. The molecule has 1 aromatic heterocycles. The van der Waals surface area contributed by atoms with Gasteiger partial charge in [0.15, 0.2) is 0 Å². The Labute approximate surface area is 127 Å². The third kappa shape index (κ3) is 4.45. The molecule has 0 fully saturated rings. The van der Waals surface area contributed by atoms with Gasteiger partial charge in [0, 0.05) is 24.3 Å². The maximum Gasteiger partial charge on any atom is 0.225 e. The van der Waals surface area contributed by atoms with Crippen molar-refractivity contribution in [3.8, 4) is 0 Å². The molecule has 0 radical (unpaired) electrons. The average molecular weight is 284 g/mol. The Hall–Kier alpha value is -2.10. The lowest BCUT2D eigenvalue weighted by Gasteiger charge is -2.14. The minimum atomic E-state index is 0.371. The van der Waals surface area contributed by atoms with Crippen LogP contribution in [0.4, 0.5) is 11.8 Å². The molecule has 0 aliphatic rings. The summed E-state index contributed by atoms with van der Waals surface area (Å²) in [5.74, 6) is 1.55. The van der Waals surface area contributed by atoms with E-state index in [0.29, 0.717) is 12.0 Å². The average Bonchev–Trinajstić information content (AvgIpc) is 2.45. The van der Waals surface area contributed by atoms with Gasteiger partial charge in [0.2, 0.25) is 5.95 Å². The normalized spacial score (nSPS) is 12.0. The molecular formula is C17H24N4. The van der Waals surface area contributed by atoms with Gasteiger partial charge in [0.1, 0.15) is 5.82 Å². The van der Waals surface area contributed by atoms with Gasteiger partial charge in [-0.15, -0.1) is 0 Å². The molecule has 1 unspecified atom stereocenters. The van der Waals surface area contributed by atoms with Crippen molar-refractivity contribution in [2.45, 2.75) is 46.7 Å². The molecule has 0 bridgehead atoms. The number of benzene rings is 1. The molecular weight excluding hydrogens is 260 g/mol. The van der Waals surface area contributed by atoms with Gasteiger partial charge >= 0.3 is 0 Å². The van der Waals surface area contributed by atoms with Crippen LogP contribution in [-0.4, -0.2) is 16.0 Å². The molecule has 1 heterocycles. The van der Waals surface area contributed by atoms with Gasteiger partial charge in [0.25, 0.3) is 0 Å². The number of aromatic nitrogens is 2. The summed E-state index contributed by atoms with van der Waals surface area (Å²) in [5, 5.41) is 6.70. The summed E-state index contributed by atoms with van der Waals surface area (Å²) < 4.78 is 0. The molecule has 2 rings (SSSR count). The Morgan fingerprint density at radius 3 is 2.62 bits per heavy atom. The lowest BCUT2D eigenvalue weighted by molar-refractivity contribution is 0.751. The summed E-state index contributed by atoms with van der Waals surface area (Å²) >= 11 is 0. The second-order valence-corrected chi connectivity index (χ2v) is 5.45. The minimum Gasteiger partial charge on any atom is -0.366 e. The van der Waals surface area contributed by atoms with Crippen molar-refractivity contribution in [2.75, 3.05) is 10.6 Å². The fourth-order valence-corrected chi connectivity index (χ4v) is 2.04. The largest absolute Gasteiger partial charge is 0.366 e. The molecule has 0 amide bonds. The van der Waals surface area contributed by atoms with E-state index in [9.17, 15) is 0 Å². The van der Waals surface area contributed by atoms with E-state index in [4.69, 9.17) is 0 Å². The van der Waals surface area contributed by atoms with Gasteiger partial charge in [-0.25, -0.2) is 4.98 Å². The van der Waals surface area contributed by atoms with Crippen molar-refractivity contribution in [3.05, 3.63) is 47.2 Å². The van der Waals surface area contributed by atoms with Crippen molar-refractivity contribution in [1.29, 1.82) is 0 Å². The van der Waals surface area contributed by atoms with E-state index in [1.54, 1.807) is 0 Å². The lowest BCUT2D eigenvalue weighted by Crippen LogP contribution is -2.16. The van der Waals surface area contributed by atoms with Crippen molar-refractivity contribution in [2.24, 2.45) is 0 Å². The highest BCUT2D eigenvalue weighted by molar-refractivity contribution is 5.43. The summed E-state index contributed by atoms with van der Waals surface area (Å²) in [6.45, 7) is 9.16. The van der Waals surface area contributed by atoms with Crippen molar-refractivity contribution in [3.63, 3.8) is 0 Å². The molecule has 4 heteroatoms. The number of nitrogens with one attached hydrogen (secondary N) is 2. The fourth-order valence-electron chi connectivity index (χ4n) is 2.04. The second-order valence-electron chi connectivity index (χ2n) is 5.45. The minimum absolute atomic E-state index is 0.371. The standard InChI is InChI=1S/C17H24N4/c1-5-13(3)19-17-20-14(4)10-16(21-17)18-11-15-9-7-6-8-12(15)2/h6-10,13H,5,11H2,1-4H3,(H2,18,19,20,21). The highest BCUT2D eigenvalue weighted by Crippen LogP contribution is 2.14. The van der Waals surface area contributed by atoms with Gasteiger partial charge in [-0.3, -0.25) is 0 Å². The van der Waals surface area contributed by atoms with Crippen LogP contribution in [0, 0.1) is 13.8 Å². The molecule has 4 nitrogen and oxygen atoms in total. The number of anilines is 2. The van der Waals surface area contributed by atoms with Crippen LogP contribution in [0.25, 0.3) is 0 Å². The van der Waals surface area contributed by atoms with E-state index in [-0.39, 0.29) is 0 Å². The van der Waals surface area contributed by atoms with Gasteiger partial charge in [0.05, 0.1) is 0 Å². The Balaban J connectivity index is 2.08. The van der Waals surface area contributed by atoms with Crippen LogP contribution in [-0.2, 0) is 6.54 Å². The summed E-state index contributed by atoms with van der Waals surface area (Å²) in [7, 11) is 0. The summed E-state index contributed by atoms with van der Waals surface area (Å²) in [5.41, 5.74) is 3.53. The van der Waals surface area contributed by atoms with E-state index >= 15 is 0 Å². The van der Waals surface area contributed by atoms with E-state index in [2.05, 4.69) is 65.6 Å². The van der Waals surface area contributed by atoms with E-state index in [1.165, 1.54) is 11.1 Å². The fraction of sp³-hybridized carbons (Fsp3) is 0.412. The summed E-state index contributed by atoms with van der Waals surface area (Å²) in [4.78, 5) is 8.97. The second kappa shape index (κ2) is 7.07. The first-order chi connectivity index (χ1) is 10.1. The first kappa shape index (κ1) is 15.3. The zero-order chi connectivity index (χ0) is 15.2. The molecule has 0 aliphatic heterocycles. The van der Waals surface area contributed by atoms with Crippen molar-refractivity contribution >= 4 is 11.8 Å². The zero-order valence-corrected chi connectivity index (χ0v) is 13.3. The van der Waals surface area contributed by atoms with Gasteiger partial charge in [-0.1, -0.05) is 31.2 Å². The van der Waals surface area contributed by atoms with Crippen molar-refractivity contribution < 1.29 is 0 Å². The highest BCUT2D eigenvalue weighted by atomic mass is 15.1. The van der Waals surface area contributed by atoms with Gasteiger partial charge in [-0.05, 0) is 38.3 Å². The Morgan fingerprint density at radius 2 is 1.90 bits per heavy atom. The first-order valence-electron chi connectivity index (χ1n) is 7.49. The SMILES string of the molecule is CCC(C)Nc1nc(C)cc(NCc2ccccc2C)n1. The van der Waals surface area contributed by atoms with Crippen LogP contribution in [0.15, 0.2) is 30.3 Å². The number of hydrogen-bond acceptors (Lipinski definition) is 4. The zero-order valence-electron chi connectivity index (χ0n) is 13.3. The van der Waals surface area contributed by atoms with E-state index < -0.39 is 0 Å². The lowest BCUT2D eigenvalue weighted by atomic mass is 10.1. The molecule has 0 saturated heterocycles. The van der Waals surface area contributed by atoms with Gasteiger partial charge < -0.3 is 10.6 Å². The molecule has 2 N–H and O–H groups in total. The number of aryl methyl sites for hydroxylation is 2. The predicted molar refractivity (Wildman–Crippen MR) is 88.7 cm³/mol. The topological polar surface area (TPSA) is 49.8 Å². The Morgan fingerprint density at radius 1 is 1.14 bits per heavy atom. The number of nitrogens with zero attached hydrogens (tertiary/aromatic N) is 2. The smallest absolute Gasteiger partial charge is 0.225 e. The maximum absolute atomic E-state index is 4.53. The molecule has 21 heavy (non-hydrogen) atoms. The maximum atomic E-state index is 4.53. The summed E-state index contributed by atoms with van der Waals surface area (Å²) in [6, 6.07) is 10.7. The van der Waals surface area contributed by atoms with Crippen molar-refractivity contribution in [1.82, 2.24) is 9.97 Å². The van der Waals surface area contributed by atoms with E-state index in [0.717, 1.165) is 24.5 Å². The van der Waals surface area contributed by atoms with Crippen LogP contribution in [0.3, 0.4) is 0 Å². The molecule has 1 aromatic carbocycles. The Bertz CT molecular complexity index is 595. The predicted octanol–water partition coefficient (Wildman–Crippen LogP) is 3.92. The molecule has 0 spiro atoms. The quantitative estimate of drug-likeness (QED) is 0.844. The van der Waals surface area contributed by atoms with Crippen LogP contribution in [0.5, 0.6) is 0 Å². The van der Waals surface area contributed by atoms with Gasteiger partial charge in [-0.2, -0.15) is 4.98 Å². The van der Waals surface area contributed by atoms with Crippen LogP contribution in [0.2, 0.25) is 0 Å². The summed E-state index contributed by atoms with van der Waals surface area (Å²) in [6.07, 6.45) is 1.04. The molecule has 0 aliphatic carbocycles. The molecule has 0 saturated carbocycles. The van der Waals surface area contributed by atoms with Crippen LogP contribution >= 0.6 is 0 Å². The van der Waals surface area contributed by atoms with Crippen LogP contribution < -0.4 is 10.6 Å². The number of rotatable bonds is 6. The molecule has 112 valence electrons. The van der Waals surface area contributed by atoms with E-state index in [1.807, 2.05) is 13.0 Å². The molecule has 1 atom stereocenters. The number of hydrogen-bond donors (Lipinski definition) is 2. The Kier molecular flexibility index (Phi) is 5.14. The molecule has 2 aromatic rings.